The summed E-state index contributed by atoms with van der Waals surface area (Å²) < 4.78 is 1.90. The Labute approximate surface area is 134 Å². The van der Waals surface area contributed by atoms with Crippen LogP contribution in [-0.4, -0.2) is 38.0 Å². The SMILES string of the molecule is CC(C)n1cnnc1S[C@H](C)C(=O)NC(=O)NC1CCCC1. The summed E-state index contributed by atoms with van der Waals surface area (Å²) in [6, 6.07) is 0.00732. The van der Waals surface area contributed by atoms with Crippen LogP contribution in [0.4, 0.5) is 4.79 Å². The number of rotatable bonds is 5. The molecule has 0 aromatic carbocycles. The summed E-state index contributed by atoms with van der Waals surface area (Å²) >= 11 is 1.30. The van der Waals surface area contributed by atoms with Crippen molar-refractivity contribution >= 4 is 23.7 Å². The third-order valence-electron chi connectivity index (χ3n) is 3.68. The van der Waals surface area contributed by atoms with Crippen molar-refractivity contribution in [2.75, 3.05) is 0 Å². The van der Waals surface area contributed by atoms with E-state index in [1.54, 1.807) is 13.3 Å². The second-order valence-corrected chi connectivity index (χ2v) is 7.13. The predicted molar refractivity (Wildman–Crippen MR) is 84.7 cm³/mol. The first kappa shape index (κ1) is 16.8. The molecule has 3 amide bonds. The molecular weight excluding hydrogens is 302 g/mol. The van der Waals surface area contributed by atoms with Crippen LogP contribution >= 0.6 is 11.8 Å². The second kappa shape index (κ2) is 7.62. The van der Waals surface area contributed by atoms with Gasteiger partial charge in [-0.3, -0.25) is 10.1 Å². The Balaban J connectivity index is 1.83. The van der Waals surface area contributed by atoms with Crippen molar-refractivity contribution in [3.8, 4) is 0 Å². The van der Waals surface area contributed by atoms with E-state index in [4.69, 9.17) is 0 Å². The van der Waals surface area contributed by atoms with Gasteiger partial charge in [0, 0.05) is 12.1 Å². The smallest absolute Gasteiger partial charge is 0.321 e. The van der Waals surface area contributed by atoms with Gasteiger partial charge in [-0.1, -0.05) is 24.6 Å². The number of urea groups is 1. The number of aromatic nitrogens is 3. The van der Waals surface area contributed by atoms with Gasteiger partial charge in [0.15, 0.2) is 5.16 Å². The van der Waals surface area contributed by atoms with Gasteiger partial charge in [0.1, 0.15) is 6.33 Å². The Morgan fingerprint density at radius 1 is 1.32 bits per heavy atom. The maximum Gasteiger partial charge on any atom is 0.321 e. The van der Waals surface area contributed by atoms with Crippen LogP contribution in [-0.2, 0) is 4.79 Å². The number of nitrogens with zero attached hydrogens (tertiary/aromatic N) is 3. The van der Waals surface area contributed by atoms with Gasteiger partial charge in [0.2, 0.25) is 5.91 Å². The number of nitrogens with one attached hydrogen (secondary N) is 2. The first-order chi connectivity index (χ1) is 10.5. The van der Waals surface area contributed by atoms with Crippen molar-refractivity contribution in [3.05, 3.63) is 6.33 Å². The number of carbonyl (C=O) groups is 2. The van der Waals surface area contributed by atoms with Crippen LogP contribution in [0.2, 0.25) is 0 Å². The summed E-state index contributed by atoms with van der Waals surface area (Å²) in [5.41, 5.74) is 0. The third-order valence-corrected chi connectivity index (χ3v) is 4.75. The number of imide groups is 1. The van der Waals surface area contributed by atoms with Crippen LogP contribution in [0.1, 0.15) is 52.5 Å². The number of hydrogen-bond acceptors (Lipinski definition) is 5. The zero-order chi connectivity index (χ0) is 16.1. The molecule has 1 aromatic heterocycles. The van der Waals surface area contributed by atoms with Crippen molar-refractivity contribution in [1.29, 1.82) is 0 Å². The van der Waals surface area contributed by atoms with Crippen LogP contribution in [0, 0.1) is 0 Å². The number of carbonyl (C=O) groups excluding carboxylic acids is 2. The molecule has 1 aliphatic rings. The minimum Gasteiger partial charge on any atom is -0.335 e. The van der Waals surface area contributed by atoms with E-state index in [-0.39, 0.29) is 18.0 Å². The molecule has 0 unspecified atom stereocenters. The molecule has 122 valence electrons. The Morgan fingerprint density at radius 3 is 2.64 bits per heavy atom. The van der Waals surface area contributed by atoms with Crippen molar-refractivity contribution in [2.24, 2.45) is 0 Å². The first-order valence-electron chi connectivity index (χ1n) is 7.65. The van der Waals surface area contributed by atoms with Gasteiger partial charge in [0.25, 0.3) is 0 Å². The largest absolute Gasteiger partial charge is 0.335 e. The van der Waals surface area contributed by atoms with Crippen molar-refractivity contribution < 1.29 is 9.59 Å². The molecule has 8 heteroatoms. The zero-order valence-electron chi connectivity index (χ0n) is 13.2. The standard InChI is InChI=1S/C14H23N5O2S/c1-9(2)19-8-15-18-14(19)22-10(3)12(20)17-13(21)16-11-6-4-5-7-11/h8-11H,4-7H2,1-3H3,(H2,16,17,20,21)/t10-/m1/s1. The van der Waals surface area contributed by atoms with Crippen molar-refractivity contribution in [2.45, 2.75) is 68.9 Å². The lowest BCUT2D eigenvalue weighted by Crippen LogP contribution is -2.45. The molecule has 2 rings (SSSR count). The van der Waals surface area contributed by atoms with Gasteiger partial charge in [0.05, 0.1) is 5.25 Å². The molecular formula is C14H23N5O2S. The van der Waals surface area contributed by atoms with E-state index in [9.17, 15) is 9.59 Å². The first-order valence-corrected chi connectivity index (χ1v) is 8.53. The fourth-order valence-corrected chi connectivity index (χ4v) is 3.34. The van der Waals surface area contributed by atoms with Gasteiger partial charge in [-0.25, -0.2) is 4.79 Å². The highest BCUT2D eigenvalue weighted by Gasteiger charge is 2.22. The van der Waals surface area contributed by atoms with Crippen LogP contribution in [0.25, 0.3) is 0 Å². The molecule has 1 atom stereocenters. The number of amides is 3. The molecule has 1 heterocycles. The molecule has 1 saturated carbocycles. The van der Waals surface area contributed by atoms with Crippen LogP contribution in [0.5, 0.6) is 0 Å². The quantitative estimate of drug-likeness (QED) is 0.809. The topological polar surface area (TPSA) is 88.9 Å². The molecule has 0 spiro atoms. The highest BCUT2D eigenvalue weighted by Crippen LogP contribution is 2.23. The lowest BCUT2D eigenvalue weighted by molar-refractivity contribution is -0.119. The molecule has 2 N–H and O–H groups in total. The molecule has 1 fully saturated rings. The second-order valence-electron chi connectivity index (χ2n) is 5.82. The molecule has 0 radical (unpaired) electrons. The lowest BCUT2D eigenvalue weighted by Gasteiger charge is -2.15. The summed E-state index contributed by atoms with van der Waals surface area (Å²) in [6.07, 6.45) is 5.89. The van der Waals surface area contributed by atoms with Crippen LogP contribution in [0.15, 0.2) is 11.5 Å². The Hall–Kier alpha value is -1.57. The third kappa shape index (κ3) is 4.46. The molecule has 1 aromatic rings. The van der Waals surface area contributed by atoms with E-state index < -0.39 is 11.3 Å². The van der Waals surface area contributed by atoms with Gasteiger partial charge in [-0.05, 0) is 33.6 Å². The van der Waals surface area contributed by atoms with Gasteiger partial charge in [-0.15, -0.1) is 10.2 Å². The number of hydrogen-bond donors (Lipinski definition) is 2. The Kier molecular flexibility index (Phi) is 5.82. The van der Waals surface area contributed by atoms with E-state index >= 15 is 0 Å². The molecule has 0 aliphatic heterocycles. The van der Waals surface area contributed by atoms with E-state index in [0.29, 0.717) is 5.16 Å². The maximum absolute atomic E-state index is 12.1. The highest BCUT2D eigenvalue weighted by molar-refractivity contribution is 8.00. The molecule has 0 bridgehead atoms. The highest BCUT2D eigenvalue weighted by atomic mass is 32.2. The van der Waals surface area contributed by atoms with Gasteiger partial charge < -0.3 is 9.88 Å². The predicted octanol–water partition coefficient (Wildman–Crippen LogP) is 2.11. The minimum atomic E-state index is -0.420. The Bertz CT molecular complexity index is 525. The summed E-state index contributed by atoms with van der Waals surface area (Å²) in [5.74, 6) is -0.321. The molecule has 1 aliphatic carbocycles. The van der Waals surface area contributed by atoms with Gasteiger partial charge >= 0.3 is 6.03 Å². The molecule has 22 heavy (non-hydrogen) atoms. The molecule has 0 saturated heterocycles. The van der Waals surface area contributed by atoms with Crippen LogP contribution in [0.3, 0.4) is 0 Å². The van der Waals surface area contributed by atoms with E-state index in [1.165, 1.54) is 11.8 Å². The van der Waals surface area contributed by atoms with E-state index in [2.05, 4.69) is 20.8 Å². The average molecular weight is 325 g/mol. The number of thioether (sulfide) groups is 1. The fourth-order valence-electron chi connectivity index (χ4n) is 2.39. The summed E-state index contributed by atoms with van der Waals surface area (Å²) in [7, 11) is 0. The summed E-state index contributed by atoms with van der Waals surface area (Å²) in [6.45, 7) is 5.79. The van der Waals surface area contributed by atoms with Crippen molar-refractivity contribution in [1.82, 2.24) is 25.4 Å². The normalized spacial score (nSPS) is 16.7. The zero-order valence-corrected chi connectivity index (χ0v) is 14.0. The van der Waals surface area contributed by atoms with Crippen molar-refractivity contribution in [3.63, 3.8) is 0 Å². The van der Waals surface area contributed by atoms with E-state index in [0.717, 1.165) is 25.7 Å². The van der Waals surface area contributed by atoms with Gasteiger partial charge in [-0.2, -0.15) is 0 Å². The van der Waals surface area contributed by atoms with E-state index in [1.807, 2.05) is 18.4 Å². The summed E-state index contributed by atoms with van der Waals surface area (Å²) in [5, 5.41) is 13.4. The Morgan fingerprint density at radius 2 is 2.00 bits per heavy atom. The fraction of sp³-hybridized carbons (Fsp3) is 0.714. The maximum atomic E-state index is 12.1. The lowest BCUT2D eigenvalue weighted by atomic mass is 10.2. The minimum absolute atomic E-state index is 0.194. The average Bonchev–Trinajstić information content (AvgIpc) is 3.09. The van der Waals surface area contributed by atoms with Crippen LogP contribution < -0.4 is 10.6 Å². The monoisotopic (exact) mass is 325 g/mol. The summed E-state index contributed by atoms with van der Waals surface area (Å²) in [4.78, 5) is 23.9. The molecule has 7 nitrogen and oxygen atoms in total.